The number of nitrogens with zero attached hydrogens (tertiary/aromatic N) is 4. The molecule has 3 aromatic rings. The molecule has 0 bridgehead atoms. The van der Waals surface area contributed by atoms with Crippen molar-refractivity contribution in [2.45, 2.75) is 17.9 Å². The van der Waals surface area contributed by atoms with Crippen molar-refractivity contribution in [3.63, 3.8) is 0 Å². The lowest BCUT2D eigenvalue weighted by molar-refractivity contribution is 0.205. The molecule has 0 radical (unpaired) electrons. The number of methoxy groups -OCH3 is 1. The normalized spacial score (nSPS) is 12.3. The number of aromatic nitrogens is 4. The van der Waals surface area contributed by atoms with Crippen molar-refractivity contribution in [2.75, 3.05) is 20.3 Å². The summed E-state index contributed by atoms with van der Waals surface area (Å²) in [6.45, 7) is 3.40. The third-order valence-electron chi connectivity index (χ3n) is 3.84. The highest BCUT2D eigenvalue weighted by Gasteiger charge is 2.13. The Morgan fingerprint density at radius 2 is 1.88 bits per heavy atom. The molecule has 0 aliphatic rings. The lowest BCUT2D eigenvalue weighted by Gasteiger charge is -2.09. The fourth-order valence-corrected chi connectivity index (χ4v) is 2.95. The van der Waals surface area contributed by atoms with Crippen LogP contribution in [0.1, 0.15) is 18.5 Å². The van der Waals surface area contributed by atoms with E-state index in [-0.39, 0.29) is 11.9 Å². The first-order valence-electron chi connectivity index (χ1n) is 8.21. The molecule has 2 aromatic carbocycles. The van der Waals surface area contributed by atoms with E-state index in [1.807, 2.05) is 31.2 Å². The summed E-state index contributed by atoms with van der Waals surface area (Å²) >= 11 is 1.55. The SMILES string of the molecule is COCCNSc1ccc(-c2nnn(C(C)c3ccc(F)cc3)n2)cc1. The van der Waals surface area contributed by atoms with Gasteiger partial charge in [-0.1, -0.05) is 12.1 Å². The van der Waals surface area contributed by atoms with Gasteiger partial charge in [-0.15, -0.1) is 10.2 Å². The highest BCUT2D eigenvalue weighted by Crippen LogP contribution is 2.21. The summed E-state index contributed by atoms with van der Waals surface area (Å²) in [4.78, 5) is 2.63. The van der Waals surface area contributed by atoms with Gasteiger partial charge in [0.1, 0.15) is 5.82 Å². The highest BCUT2D eigenvalue weighted by atomic mass is 32.2. The largest absolute Gasteiger partial charge is 0.383 e. The van der Waals surface area contributed by atoms with Crippen molar-refractivity contribution < 1.29 is 9.13 Å². The van der Waals surface area contributed by atoms with Crippen LogP contribution >= 0.6 is 11.9 Å². The van der Waals surface area contributed by atoms with Gasteiger partial charge in [0.2, 0.25) is 5.82 Å². The Kier molecular flexibility index (Phi) is 6.32. The summed E-state index contributed by atoms with van der Waals surface area (Å²) in [5.74, 6) is 0.297. The van der Waals surface area contributed by atoms with Crippen LogP contribution in [0, 0.1) is 5.82 Å². The summed E-state index contributed by atoms with van der Waals surface area (Å²) in [5, 5.41) is 12.7. The predicted octanol–water partition coefficient (Wildman–Crippen LogP) is 3.33. The quantitative estimate of drug-likeness (QED) is 0.483. The van der Waals surface area contributed by atoms with Crippen molar-refractivity contribution in [3.8, 4) is 11.4 Å². The molecule has 0 aliphatic carbocycles. The monoisotopic (exact) mass is 373 g/mol. The second kappa shape index (κ2) is 8.88. The summed E-state index contributed by atoms with van der Waals surface area (Å²) in [7, 11) is 1.68. The molecule has 6 nitrogen and oxygen atoms in total. The zero-order valence-electron chi connectivity index (χ0n) is 14.6. The summed E-state index contributed by atoms with van der Waals surface area (Å²) in [5.41, 5.74) is 1.81. The van der Waals surface area contributed by atoms with Crippen molar-refractivity contribution >= 4 is 11.9 Å². The lowest BCUT2D eigenvalue weighted by Crippen LogP contribution is -2.10. The molecule has 1 heterocycles. The van der Waals surface area contributed by atoms with E-state index in [9.17, 15) is 4.39 Å². The molecule has 26 heavy (non-hydrogen) atoms. The van der Waals surface area contributed by atoms with E-state index >= 15 is 0 Å². The van der Waals surface area contributed by atoms with E-state index in [0.717, 1.165) is 22.6 Å². The minimum Gasteiger partial charge on any atom is -0.383 e. The predicted molar refractivity (Wildman–Crippen MR) is 99.2 cm³/mol. The molecule has 0 spiro atoms. The van der Waals surface area contributed by atoms with Gasteiger partial charge in [0.25, 0.3) is 0 Å². The molecular weight excluding hydrogens is 353 g/mol. The zero-order chi connectivity index (χ0) is 18.4. The minimum atomic E-state index is -0.261. The van der Waals surface area contributed by atoms with Crippen molar-refractivity contribution in [2.24, 2.45) is 0 Å². The van der Waals surface area contributed by atoms with Crippen LogP contribution in [-0.2, 0) is 4.74 Å². The number of hydrogen-bond donors (Lipinski definition) is 1. The van der Waals surface area contributed by atoms with Crippen molar-refractivity contribution in [1.29, 1.82) is 0 Å². The maximum Gasteiger partial charge on any atom is 0.204 e. The van der Waals surface area contributed by atoms with Crippen LogP contribution in [0.4, 0.5) is 4.39 Å². The number of halogens is 1. The van der Waals surface area contributed by atoms with Crippen LogP contribution in [0.2, 0.25) is 0 Å². The first kappa shape index (κ1) is 18.5. The molecule has 0 saturated carbocycles. The van der Waals surface area contributed by atoms with Gasteiger partial charge in [-0.2, -0.15) is 4.80 Å². The Labute approximate surface area is 155 Å². The Morgan fingerprint density at radius 1 is 1.15 bits per heavy atom. The molecule has 0 saturated heterocycles. The number of benzene rings is 2. The molecule has 3 rings (SSSR count). The van der Waals surface area contributed by atoms with Crippen LogP contribution < -0.4 is 4.72 Å². The molecule has 0 fully saturated rings. The number of rotatable bonds is 8. The van der Waals surface area contributed by atoms with Crippen LogP contribution in [0.3, 0.4) is 0 Å². The van der Waals surface area contributed by atoms with Gasteiger partial charge in [0, 0.05) is 24.1 Å². The zero-order valence-corrected chi connectivity index (χ0v) is 15.4. The molecule has 1 atom stereocenters. The Balaban J connectivity index is 1.66. The average molecular weight is 373 g/mol. The van der Waals surface area contributed by atoms with Crippen molar-refractivity contribution in [1.82, 2.24) is 24.9 Å². The average Bonchev–Trinajstić information content (AvgIpc) is 3.16. The molecule has 1 aromatic heterocycles. The standard InChI is InChI=1S/C18H20FN5OS/c1-13(14-3-7-16(19)8-4-14)24-22-18(21-23-24)15-5-9-17(10-6-15)26-20-11-12-25-2/h3-10,13,20H,11-12H2,1-2H3. The fraction of sp³-hybridized carbons (Fsp3) is 0.278. The number of nitrogens with one attached hydrogen (secondary N) is 1. The smallest absolute Gasteiger partial charge is 0.204 e. The number of ether oxygens (including phenoxy) is 1. The van der Waals surface area contributed by atoms with Crippen LogP contribution in [0.15, 0.2) is 53.4 Å². The molecule has 8 heteroatoms. The van der Waals surface area contributed by atoms with E-state index in [4.69, 9.17) is 4.74 Å². The second-order valence-corrected chi connectivity index (χ2v) is 6.64. The molecule has 136 valence electrons. The molecule has 0 amide bonds. The second-order valence-electron chi connectivity index (χ2n) is 5.67. The third kappa shape index (κ3) is 4.66. The lowest BCUT2D eigenvalue weighted by atomic mass is 10.1. The Morgan fingerprint density at radius 3 is 2.58 bits per heavy atom. The van der Waals surface area contributed by atoms with Gasteiger partial charge in [-0.3, -0.25) is 4.72 Å². The molecular formula is C18H20FN5OS. The number of tetrazole rings is 1. The Hall–Kier alpha value is -2.29. The van der Waals surface area contributed by atoms with Crippen LogP contribution in [0.5, 0.6) is 0 Å². The molecule has 1 unspecified atom stereocenters. The first-order chi connectivity index (χ1) is 12.7. The minimum absolute atomic E-state index is 0.128. The third-order valence-corrected chi connectivity index (χ3v) is 4.69. The molecule has 0 aliphatic heterocycles. The maximum absolute atomic E-state index is 13.1. The summed E-state index contributed by atoms with van der Waals surface area (Å²) in [6.07, 6.45) is 0. The van der Waals surface area contributed by atoms with Gasteiger partial charge < -0.3 is 4.74 Å². The van der Waals surface area contributed by atoms with E-state index in [1.165, 1.54) is 16.9 Å². The maximum atomic E-state index is 13.1. The topological polar surface area (TPSA) is 64.9 Å². The highest BCUT2D eigenvalue weighted by molar-refractivity contribution is 7.97. The van der Waals surface area contributed by atoms with E-state index in [1.54, 1.807) is 31.2 Å². The molecule has 1 N–H and O–H groups in total. The summed E-state index contributed by atoms with van der Waals surface area (Å²) < 4.78 is 21.3. The van der Waals surface area contributed by atoms with Gasteiger partial charge in [0.05, 0.1) is 12.6 Å². The summed E-state index contributed by atoms with van der Waals surface area (Å²) in [6, 6.07) is 14.1. The number of hydrogen-bond acceptors (Lipinski definition) is 6. The van der Waals surface area contributed by atoms with Gasteiger partial charge >= 0.3 is 0 Å². The van der Waals surface area contributed by atoms with Crippen LogP contribution in [-0.4, -0.2) is 40.5 Å². The van der Waals surface area contributed by atoms with Gasteiger partial charge in [-0.25, -0.2) is 4.39 Å². The van der Waals surface area contributed by atoms with Gasteiger partial charge in [-0.05, 0) is 66.0 Å². The van der Waals surface area contributed by atoms with E-state index in [0.29, 0.717) is 12.4 Å². The fourth-order valence-electron chi connectivity index (χ4n) is 2.33. The van der Waals surface area contributed by atoms with E-state index < -0.39 is 0 Å². The van der Waals surface area contributed by atoms with Crippen molar-refractivity contribution in [3.05, 3.63) is 59.9 Å². The van der Waals surface area contributed by atoms with Crippen LogP contribution in [0.25, 0.3) is 11.4 Å². The van der Waals surface area contributed by atoms with E-state index in [2.05, 4.69) is 20.1 Å². The Bertz CT molecular complexity index is 822. The first-order valence-corrected chi connectivity index (χ1v) is 9.03. The van der Waals surface area contributed by atoms with Gasteiger partial charge in [0.15, 0.2) is 0 Å².